The molecule has 0 atom stereocenters. The van der Waals surface area contributed by atoms with Gasteiger partial charge in [0.1, 0.15) is 0 Å². The molecule has 0 aromatic heterocycles. The Labute approximate surface area is 97.6 Å². The third kappa shape index (κ3) is 1.61. The summed E-state index contributed by atoms with van der Waals surface area (Å²) in [5.74, 6) is 0. The van der Waals surface area contributed by atoms with Crippen molar-refractivity contribution in [1.82, 2.24) is 5.32 Å². The number of anilines is 1. The first kappa shape index (κ1) is 10.2. The third-order valence-electron chi connectivity index (χ3n) is 3.83. The number of hydrogen-bond acceptors (Lipinski definition) is 2. The minimum atomic E-state index is 1.09. The molecule has 0 aliphatic carbocycles. The number of rotatable bonds is 3. The van der Waals surface area contributed by atoms with Crippen LogP contribution in [0, 0.1) is 0 Å². The molecule has 1 aromatic carbocycles. The molecule has 2 heterocycles. The van der Waals surface area contributed by atoms with Crippen LogP contribution in [0.15, 0.2) is 12.1 Å². The molecule has 86 valence electrons. The first-order valence-electron chi connectivity index (χ1n) is 6.42. The summed E-state index contributed by atoms with van der Waals surface area (Å²) in [6.45, 7) is 3.61. The molecule has 0 unspecified atom stereocenters. The summed E-state index contributed by atoms with van der Waals surface area (Å²) in [5.41, 5.74) is 6.31. The van der Waals surface area contributed by atoms with E-state index in [1.165, 1.54) is 37.9 Å². The molecule has 0 fully saturated rings. The van der Waals surface area contributed by atoms with Crippen LogP contribution in [0.25, 0.3) is 0 Å². The predicted molar refractivity (Wildman–Crippen MR) is 68.3 cm³/mol. The van der Waals surface area contributed by atoms with Crippen LogP contribution in [0.2, 0.25) is 0 Å². The fourth-order valence-electron chi connectivity index (χ4n) is 3.08. The van der Waals surface area contributed by atoms with E-state index in [1.807, 2.05) is 7.05 Å². The van der Waals surface area contributed by atoms with Gasteiger partial charge in [0.05, 0.1) is 0 Å². The predicted octanol–water partition coefficient (Wildman–Crippen LogP) is 1.76. The fourth-order valence-corrected chi connectivity index (χ4v) is 3.08. The van der Waals surface area contributed by atoms with Gasteiger partial charge in [0.15, 0.2) is 0 Å². The highest BCUT2D eigenvalue weighted by Gasteiger charge is 2.25. The van der Waals surface area contributed by atoms with Crippen molar-refractivity contribution >= 4 is 5.69 Å². The first-order chi connectivity index (χ1) is 7.88. The number of aryl methyl sites for hydroxylation is 1. The van der Waals surface area contributed by atoms with Gasteiger partial charge in [-0.05, 0) is 56.0 Å². The molecule has 0 amide bonds. The highest BCUT2D eigenvalue weighted by molar-refractivity contribution is 5.65. The van der Waals surface area contributed by atoms with Gasteiger partial charge < -0.3 is 10.2 Å². The summed E-state index contributed by atoms with van der Waals surface area (Å²) in [4.78, 5) is 2.58. The van der Waals surface area contributed by atoms with Crippen molar-refractivity contribution < 1.29 is 0 Å². The number of hydrogen-bond donors (Lipinski definition) is 1. The number of benzene rings is 1. The van der Waals surface area contributed by atoms with E-state index in [0.29, 0.717) is 0 Å². The summed E-state index contributed by atoms with van der Waals surface area (Å²) in [5, 5.41) is 3.23. The summed E-state index contributed by atoms with van der Waals surface area (Å²) in [6.07, 6.45) is 5.04. The molecule has 16 heavy (non-hydrogen) atoms. The molecule has 0 spiro atoms. The molecule has 0 saturated heterocycles. The van der Waals surface area contributed by atoms with E-state index < -0.39 is 0 Å². The Balaban J connectivity index is 1.95. The van der Waals surface area contributed by atoms with Crippen LogP contribution in [0.4, 0.5) is 5.69 Å². The van der Waals surface area contributed by atoms with Gasteiger partial charge in [-0.25, -0.2) is 0 Å². The largest absolute Gasteiger partial charge is 0.371 e. The third-order valence-corrected chi connectivity index (χ3v) is 3.83. The zero-order valence-electron chi connectivity index (χ0n) is 10.1. The van der Waals surface area contributed by atoms with Crippen LogP contribution in [0.3, 0.4) is 0 Å². The average molecular weight is 216 g/mol. The van der Waals surface area contributed by atoms with E-state index in [4.69, 9.17) is 0 Å². The quantitative estimate of drug-likeness (QED) is 0.828. The molecule has 0 saturated carbocycles. The topological polar surface area (TPSA) is 15.3 Å². The second-order valence-electron chi connectivity index (χ2n) is 4.96. The zero-order chi connectivity index (χ0) is 11.0. The van der Waals surface area contributed by atoms with Crippen LogP contribution in [0.5, 0.6) is 0 Å². The van der Waals surface area contributed by atoms with Crippen molar-refractivity contribution in [2.45, 2.75) is 25.7 Å². The molecule has 2 aliphatic rings. The van der Waals surface area contributed by atoms with Crippen molar-refractivity contribution in [1.29, 1.82) is 0 Å². The summed E-state index contributed by atoms with van der Waals surface area (Å²) >= 11 is 0. The Hall–Kier alpha value is -1.02. The maximum atomic E-state index is 3.23. The van der Waals surface area contributed by atoms with Crippen LogP contribution in [-0.2, 0) is 19.3 Å². The molecule has 2 nitrogen and oxygen atoms in total. The minimum Gasteiger partial charge on any atom is -0.371 e. The number of nitrogens with zero attached hydrogens (tertiary/aromatic N) is 1. The van der Waals surface area contributed by atoms with Crippen LogP contribution in [0.1, 0.15) is 23.1 Å². The van der Waals surface area contributed by atoms with Crippen molar-refractivity contribution in [2.75, 3.05) is 31.6 Å². The lowest BCUT2D eigenvalue weighted by molar-refractivity contribution is 0.717. The molecule has 1 N–H and O–H groups in total. The molecule has 3 rings (SSSR count). The lowest BCUT2D eigenvalue weighted by atomic mass is 9.96. The zero-order valence-corrected chi connectivity index (χ0v) is 10.1. The van der Waals surface area contributed by atoms with E-state index >= 15 is 0 Å². The summed E-state index contributed by atoms with van der Waals surface area (Å²) < 4.78 is 0. The van der Waals surface area contributed by atoms with E-state index in [2.05, 4.69) is 22.3 Å². The van der Waals surface area contributed by atoms with Gasteiger partial charge in [0.2, 0.25) is 0 Å². The molecular weight excluding hydrogens is 196 g/mol. The van der Waals surface area contributed by atoms with Crippen molar-refractivity contribution in [2.24, 2.45) is 0 Å². The maximum absolute atomic E-state index is 3.23. The molecular formula is C14H20N2. The molecule has 2 aliphatic heterocycles. The van der Waals surface area contributed by atoms with E-state index in [9.17, 15) is 0 Å². The second kappa shape index (κ2) is 4.10. The molecule has 1 aromatic rings. The second-order valence-corrected chi connectivity index (χ2v) is 4.96. The Kier molecular flexibility index (Phi) is 2.60. The van der Waals surface area contributed by atoms with Gasteiger partial charge in [0, 0.05) is 18.8 Å². The average Bonchev–Trinajstić information content (AvgIpc) is 2.72. The Morgan fingerprint density at radius 3 is 2.81 bits per heavy atom. The smallest absolute Gasteiger partial charge is 0.0432 e. The normalized spacial score (nSPS) is 17.7. The molecule has 2 heteroatoms. The SMILES string of the molecule is CNCCc1cc2c3c(c1)CCN3CCC2. The standard InChI is InChI=1S/C14H20N2/c1-15-6-4-11-9-12-3-2-7-16-8-5-13(10-11)14(12)16/h9-10,15H,2-8H2,1H3. The Morgan fingerprint density at radius 1 is 1.19 bits per heavy atom. The summed E-state index contributed by atoms with van der Waals surface area (Å²) in [7, 11) is 2.03. The van der Waals surface area contributed by atoms with E-state index in [1.54, 1.807) is 16.8 Å². The van der Waals surface area contributed by atoms with Gasteiger partial charge in [-0.1, -0.05) is 12.1 Å². The lowest BCUT2D eigenvalue weighted by Crippen LogP contribution is -2.26. The van der Waals surface area contributed by atoms with Gasteiger partial charge in [-0.2, -0.15) is 0 Å². The maximum Gasteiger partial charge on any atom is 0.0432 e. The van der Waals surface area contributed by atoms with Crippen LogP contribution < -0.4 is 10.2 Å². The summed E-state index contributed by atoms with van der Waals surface area (Å²) in [6, 6.07) is 4.87. The highest BCUT2D eigenvalue weighted by atomic mass is 15.2. The van der Waals surface area contributed by atoms with Crippen molar-refractivity contribution in [3.05, 3.63) is 28.8 Å². The van der Waals surface area contributed by atoms with Crippen LogP contribution in [-0.4, -0.2) is 26.7 Å². The Morgan fingerprint density at radius 2 is 2.00 bits per heavy atom. The van der Waals surface area contributed by atoms with Crippen molar-refractivity contribution in [3.8, 4) is 0 Å². The van der Waals surface area contributed by atoms with Gasteiger partial charge in [-0.3, -0.25) is 0 Å². The molecule has 0 radical (unpaired) electrons. The molecule has 0 bridgehead atoms. The van der Waals surface area contributed by atoms with Gasteiger partial charge >= 0.3 is 0 Å². The minimum absolute atomic E-state index is 1.09. The highest BCUT2D eigenvalue weighted by Crippen LogP contribution is 2.36. The van der Waals surface area contributed by atoms with Crippen LogP contribution >= 0.6 is 0 Å². The monoisotopic (exact) mass is 216 g/mol. The van der Waals surface area contributed by atoms with Crippen molar-refractivity contribution in [3.63, 3.8) is 0 Å². The van der Waals surface area contributed by atoms with Gasteiger partial charge in [0.25, 0.3) is 0 Å². The number of likely N-dealkylation sites (N-methyl/N-ethyl adjacent to an activating group) is 1. The first-order valence-corrected chi connectivity index (χ1v) is 6.42. The van der Waals surface area contributed by atoms with E-state index in [-0.39, 0.29) is 0 Å². The van der Waals surface area contributed by atoms with E-state index in [0.717, 1.165) is 13.0 Å². The Bertz CT molecular complexity index is 398. The van der Waals surface area contributed by atoms with Gasteiger partial charge in [-0.15, -0.1) is 0 Å². The lowest BCUT2D eigenvalue weighted by Gasteiger charge is -2.27. The fraction of sp³-hybridized carbons (Fsp3) is 0.571. The number of nitrogens with one attached hydrogen (secondary N) is 1.